The van der Waals surface area contributed by atoms with Gasteiger partial charge in [-0.3, -0.25) is 0 Å². The predicted octanol–water partition coefficient (Wildman–Crippen LogP) is 3.11. The fourth-order valence-corrected chi connectivity index (χ4v) is 2.30. The molecule has 0 fully saturated rings. The van der Waals surface area contributed by atoms with Gasteiger partial charge >= 0.3 is 6.61 Å². The van der Waals surface area contributed by atoms with Crippen LogP contribution in [0.2, 0.25) is 0 Å². The van der Waals surface area contributed by atoms with Gasteiger partial charge in [0.2, 0.25) is 5.89 Å². The highest BCUT2D eigenvalue weighted by molar-refractivity contribution is 5.90. The van der Waals surface area contributed by atoms with Gasteiger partial charge in [-0.25, -0.2) is 4.98 Å². The molecule has 128 valence electrons. The topological polar surface area (TPSA) is 75.4 Å². The average molecular weight is 344 g/mol. The molecule has 0 aliphatic rings. The normalized spacial score (nSPS) is 11.9. The smallest absolute Gasteiger partial charge is 0.387 e. The molecule has 0 atom stereocenters. The van der Waals surface area contributed by atoms with Gasteiger partial charge in [0, 0.05) is 18.0 Å². The Morgan fingerprint density at radius 3 is 2.56 bits per heavy atom. The van der Waals surface area contributed by atoms with E-state index in [1.807, 2.05) is 0 Å². The van der Waals surface area contributed by atoms with Crippen LogP contribution in [0.3, 0.4) is 0 Å². The SMILES string of the molecule is O=C([O-])C/C(=C\c1ccc(OC(F)F)cc1)c1nc2ccccc2o1. The maximum Gasteiger partial charge on any atom is 0.387 e. The number of hydrogen-bond acceptors (Lipinski definition) is 5. The van der Waals surface area contributed by atoms with Gasteiger partial charge in [0.05, 0.1) is 0 Å². The molecule has 0 N–H and O–H groups in total. The first-order valence-corrected chi connectivity index (χ1v) is 7.32. The lowest BCUT2D eigenvalue weighted by Gasteiger charge is -2.06. The molecule has 0 aliphatic heterocycles. The molecule has 3 rings (SSSR count). The number of carbonyl (C=O) groups is 1. The molecule has 0 saturated carbocycles. The molecule has 5 nitrogen and oxygen atoms in total. The van der Waals surface area contributed by atoms with E-state index in [0.29, 0.717) is 22.2 Å². The van der Waals surface area contributed by atoms with E-state index >= 15 is 0 Å². The van der Waals surface area contributed by atoms with Crippen LogP contribution in [0.15, 0.2) is 52.9 Å². The number of carbonyl (C=O) groups excluding carboxylic acids is 1. The van der Waals surface area contributed by atoms with Crippen molar-refractivity contribution in [2.75, 3.05) is 0 Å². The van der Waals surface area contributed by atoms with Crippen LogP contribution in [0.4, 0.5) is 8.78 Å². The number of hydrogen-bond donors (Lipinski definition) is 0. The Balaban J connectivity index is 1.94. The van der Waals surface area contributed by atoms with Crippen molar-refractivity contribution in [2.45, 2.75) is 13.0 Å². The van der Waals surface area contributed by atoms with Crippen LogP contribution in [0, 0.1) is 0 Å². The highest BCUT2D eigenvalue weighted by Crippen LogP contribution is 2.26. The van der Waals surface area contributed by atoms with Crippen molar-refractivity contribution in [1.29, 1.82) is 0 Å². The molecule has 2 aromatic carbocycles. The molecule has 1 heterocycles. The second-order valence-corrected chi connectivity index (χ2v) is 5.15. The van der Waals surface area contributed by atoms with E-state index in [1.54, 1.807) is 30.3 Å². The van der Waals surface area contributed by atoms with Crippen molar-refractivity contribution in [3.63, 3.8) is 0 Å². The molecule has 0 unspecified atom stereocenters. The van der Waals surface area contributed by atoms with Gasteiger partial charge in [-0.15, -0.1) is 0 Å². The molecule has 0 saturated heterocycles. The monoisotopic (exact) mass is 344 g/mol. The van der Waals surface area contributed by atoms with Gasteiger partial charge in [0.15, 0.2) is 5.58 Å². The lowest BCUT2D eigenvalue weighted by Crippen LogP contribution is -2.22. The fraction of sp³-hybridized carbons (Fsp3) is 0.111. The first kappa shape index (κ1) is 16.6. The number of benzene rings is 2. The molecule has 0 radical (unpaired) electrons. The van der Waals surface area contributed by atoms with E-state index in [4.69, 9.17) is 4.42 Å². The van der Waals surface area contributed by atoms with Crippen LogP contribution in [0.25, 0.3) is 22.7 Å². The van der Waals surface area contributed by atoms with Crippen molar-refractivity contribution >= 4 is 28.7 Å². The van der Waals surface area contributed by atoms with Crippen molar-refractivity contribution in [2.24, 2.45) is 0 Å². The highest BCUT2D eigenvalue weighted by atomic mass is 19.3. The number of para-hydroxylation sites is 2. The summed E-state index contributed by atoms with van der Waals surface area (Å²) < 4.78 is 34.2. The van der Waals surface area contributed by atoms with E-state index in [1.165, 1.54) is 24.3 Å². The second kappa shape index (κ2) is 7.12. The second-order valence-electron chi connectivity index (χ2n) is 5.15. The van der Waals surface area contributed by atoms with Crippen molar-refractivity contribution in [1.82, 2.24) is 4.98 Å². The molecule has 0 amide bonds. The van der Waals surface area contributed by atoms with Gasteiger partial charge < -0.3 is 19.1 Å². The summed E-state index contributed by atoms with van der Waals surface area (Å²) in [4.78, 5) is 15.3. The molecular formula is C18H12F2NO4-. The summed E-state index contributed by atoms with van der Waals surface area (Å²) in [6.07, 6.45) is 1.15. The quantitative estimate of drug-likeness (QED) is 0.687. The lowest BCUT2D eigenvalue weighted by molar-refractivity contribution is -0.304. The van der Waals surface area contributed by atoms with Crippen molar-refractivity contribution < 1.29 is 27.8 Å². The highest BCUT2D eigenvalue weighted by Gasteiger charge is 2.12. The minimum absolute atomic E-state index is 0.00969. The molecule has 3 aromatic rings. The molecule has 0 aliphatic carbocycles. The van der Waals surface area contributed by atoms with Crippen molar-refractivity contribution in [3.05, 3.63) is 60.0 Å². The molecule has 25 heavy (non-hydrogen) atoms. The summed E-state index contributed by atoms with van der Waals surface area (Å²) in [7, 11) is 0. The number of oxazole rings is 1. The Morgan fingerprint density at radius 2 is 1.92 bits per heavy atom. The van der Waals surface area contributed by atoms with E-state index < -0.39 is 19.0 Å². The third-order valence-corrected chi connectivity index (χ3v) is 3.35. The van der Waals surface area contributed by atoms with Gasteiger partial charge in [0.25, 0.3) is 0 Å². The summed E-state index contributed by atoms with van der Waals surface area (Å²) in [6.45, 7) is -2.91. The number of alkyl halides is 2. The van der Waals surface area contributed by atoms with Crippen LogP contribution in [-0.4, -0.2) is 17.6 Å². The van der Waals surface area contributed by atoms with Gasteiger partial charge in [-0.2, -0.15) is 8.78 Å². The first-order valence-electron chi connectivity index (χ1n) is 7.32. The van der Waals surface area contributed by atoms with E-state index in [2.05, 4.69) is 9.72 Å². The van der Waals surface area contributed by atoms with Crippen LogP contribution >= 0.6 is 0 Å². The maximum atomic E-state index is 12.2. The first-order chi connectivity index (χ1) is 12.0. The summed E-state index contributed by atoms with van der Waals surface area (Å²) >= 11 is 0. The summed E-state index contributed by atoms with van der Waals surface area (Å²) in [5, 5.41) is 11.0. The fourth-order valence-electron chi connectivity index (χ4n) is 2.30. The van der Waals surface area contributed by atoms with Gasteiger partial charge in [-0.05, 0) is 35.9 Å². The van der Waals surface area contributed by atoms with E-state index in [9.17, 15) is 18.7 Å². The third kappa shape index (κ3) is 4.20. The molecule has 0 bridgehead atoms. The van der Waals surface area contributed by atoms with E-state index in [-0.39, 0.29) is 11.6 Å². The summed E-state index contributed by atoms with van der Waals surface area (Å²) in [5.41, 5.74) is 2.02. The van der Waals surface area contributed by atoms with Gasteiger partial charge in [-0.1, -0.05) is 24.3 Å². The number of nitrogens with zero attached hydrogens (tertiary/aromatic N) is 1. The summed E-state index contributed by atoms with van der Waals surface area (Å²) in [5.74, 6) is -1.11. The number of carboxylic acids is 1. The zero-order valence-electron chi connectivity index (χ0n) is 12.8. The molecule has 7 heteroatoms. The van der Waals surface area contributed by atoms with Crippen LogP contribution < -0.4 is 9.84 Å². The lowest BCUT2D eigenvalue weighted by atomic mass is 10.1. The third-order valence-electron chi connectivity index (χ3n) is 3.35. The van der Waals surface area contributed by atoms with Crippen LogP contribution in [0.1, 0.15) is 17.9 Å². The number of aliphatic carboxylic acids is 1. The predicted molar refractivity (Wildman–Crippen MR) is 84.6 cm³/mol. The van der Waals surface area contributed by atoms with Crippen LogP contribution in [0.5, 0.6) is 5.75 Å². The molecular weight excluding hydrogens is 332 g/mol. The van der Waals surface area contributed by atoms with Crippen LogP contribution in [-0.2, 0) is 4.79 Å². The zero-order valence-corrected chi connectivity index (χ0v) is 12.8. The Labute approximate surface area is 141 Å². The summed E-state index contributed by atoms with van der Waals surface area (Å²) in [6, 6.07) is 12.8. The number of halogens is 2. The number of carboxylic acid groups (broad SMARTS) is 1. The number of ether oxygens (including phenoxy) is 1. The molecule has 0 spiro atoms. The Hall–Kier alpha value is -3.22. The number of fused-ring (bicyclic) bond motifs is 1. The molecule has 1 aromatic heterocycles. The Bertz CT molecular complexity index is 883. The largest absolute Gasteiger partial charge is 0.550 e. The maximum absolute atomic E-state index is 12.2. The number of aromatic nitrogens is 1. The standard InChI is InChI=1S/C18H13F2NO4/c19-18(20)24-13-7-5-11(6-8-13)9-12(10-16(22)23)17-21-14-3-1-2-4-15(14)25-17/h1-9,18H,10H2,(H,22,23)/p-1/b12-9+. The minimum Gasteiger partial charge on any atom is -0.550 e. The van der Waals surface area contributed by atoms with Gasteiger partial charge in [0.1, 0.15) is 11.3 Å². The zero-order chi connectivity index (χ0) is 17.8. The van der Waals surface area contributed by atoms with Crippen molar-refractivity contribution in [3.8, 4) is 5.75 Å². The Kier molecular flexibility index (Phi) is 4.74. The Morgan fingerprint density at radius 1 is 1.20 bits per heavy atom. The number of rotatable bonds is 6. The minimum atomic E-state index is -2.91. The van der Waals surface area contributed by atoms with E-state index in [0.717, 1.165) is 0 Å². The average Bonchev–Trinajstić information content (AvgIpc) is 2.99.